The third kappa shape index (κ3) is 5.78. The van der Waals surface area contributed by atoms with Crippen LogP contribution in [0.1, 0.15) is 56.3 Å². The van der Waals surface area contributed by atoms with Crippen LogP contribution in [0.15, 0.2) is 50.8 Å². The Balaban J connectivity index is 1.71. The van der Waals surface area contributed by atoms with Gasteiger partial charge in [-0.2, -0.15) is 9.78 Å². The van der Waals surface area contributed by atoms with E-state index in [0.717, 1.165) is 36.6 Å². The number of carbonyl (C=O) groups excluding carboxylic acids is 1. The molecule has 0 saturated heterocycles. The number of hydrogen-bond donors (Lipinski definition) is 0. The van der Waals surface area contributed by atoms with Crippen LogP contribution in [0.2, 0.25) is 0 Å². The normalized spacial score (nSPS) is 14.3. The predicted molar refractivity (Wildman–Crippen MR) is 138 cm³/mol. The fourth-order valence-corrected chi connectivity index (χ4v) is 4.61. The first kappa shape index (κ1) is 25.5. The van der Waals surface area contributed by atoms with Crippen LogP contribution in [0.25, 0.3) is 10.9 Å². The number of nitro benzene ring substituents is 1. The summed E-state index contributed by atoms with van der Waals surface area (Å²) in [5.74, 6) is 0.00396. The summed E-state index contributed by atoms with van der Waals surface area (Å²) in [4.78, 5) is 40.8. The van der Waals surface area contributed by atoms with Gasteiger partial charge in [-0.25, -0.2) is 9.78 Å². The summed E-state index contributed by atoms with van der Waals surface area (Å²) >= 11 is 3.40. The van der Waals surface area contributed by atoms with E-state index in [0.29, 0.717) is 22.3 Å². The van der Waals surface area contributed by atoms with E-state index in [1.165, 1.54) is 23.0 Å². The van der Waals surface area contributed by atoms with Gasteiger partial charge in [-0.1, -0.05) is 35.2 Å². The highest BCUT2D eigenvalue weighted by Gasteiger charge is 2.23. The Labute approximate surface area is 215 Å². The molecule has 1 aliphatic rings. The topological polar surface area (TPSA) is 126 Å². The van der Waals surface area contributed by atoms with Gasteiger partial charge in [-0.05, 0) is 50.1 Å². The standard InChI is InChI=1S/C25H25BrN4O6/c1-2-35-23(31)15-36-22-11-8-16(12-21(22)30(33)34)14-27-29-24(17-6-4-3-5-7-17)28-20-10-9-18(26)13-19(20)25(29)32/h8-14,17H,2-7,15H2,1H3. The molecule has 11 heteroatoms. The van der Waals surface area contributed by atoms with Gasteiger partial charge in [0.2, 0.25) is 0 Å². The van der Waals surface area contributed by atoms with Crippen LogP contribution in [0.5, 0.6) is 5.75 Å². The molecule has 0 aliphatic heterocycles. The maximum Gasteiger partial charge on any atom is 0.344 e. The van der Waals surface area contributed by atoms with Crippen LogP contribution in [-0.2, 0) is 9.53 Å². The van der Waals surface area contributed by atoms with E-state index < -0.39 is 17.5 Å². The van der Waals surface area contributed by atoms with Gasteiger partial charge in [-0.15, -0.1) is 0 Å². The second-order valence-corrected chi connectivity index (χ2v) is 9.32. The lowest BCUT2D eigenvalue weighted by atomic mass is 9.88. The highest BCUT2D eigenvalue weighted by atomic mass is 79.9. The smallest absolute Gasteiger partial charge is 0.344 e. The number of nitrogens with zero attached hydrogens (tertiary/aromatic N) is 4. The maximum atomic E-state index is 13.4. The summed E-state index contributed by atoms with van der Waals surface area (Å²) in [6.07, 6.45) is 6.49. The number of fused-ring (bicyclic) bond motifs is 1. The van der Waals surface area contributed by atoms with Crippen molar-refractivity contribution in [3.05, 3.63) is 72.7 Å². The SMILES string of the molecule is CCOC(=O)COc1ccc(C=Nn2c(C3CCCCC3)nc3ccc(Br)cc3c2=O)cc1[N+](=O)[O-]. The molecule has 0 spiro atoms. The number of carbonyl (C=O) groups is 1. The van der Waals surface area contributed by atoms with Gasteiger partial charge >= 0.3 is 11.7 Å². The molecule has 0 radical (unpaired) electrons. The van der Waals surface area contributed by atoms with Crippen LogP contribution < -0.4 is 10.3 Å². The van der Waals surface area contributed by atoms with Gasteiger partial charge in [0.15, 0.2) is 12.4 Å². The van der Waals surface area contributed by atoms with Gasteiger partial charge in [0, 0.05) is 22.0 Å². The molecule has 36 heavy (non-hydrogen) atoms. The summed E-state index contributed by atoms with van der Waals surface area (Å²) in [7, 11) is 0. The van der Waals surface area contributed by atoms with Crippen LogP contribution >= 0.6 is 15.9 Å². The van der Waals surface area contributed by atoms with E-state index in [1.807, 2.05) is 6.07 Å². The summed E-state index contributed by atoms with van der Waals surface area (Å²) in [5.41, 5.74) is 0.362. The molecule has 188 valence electrons. The fraction of sp³-hybridized carbons (Fsp3) is 0.360. The van der Waals surface area contributed by atoms with Gasteiger partial charge in [0.25, 0.3) is 5.56 Å². The summed E-state index contributed by atoms with van der Waals surface area (Å²) < 4.78 is 12.1. The van der Waals surface area contributed by atoms with Gasteiger partial charge in [0.1, 0.15) is 5.82 Å². The lowest BCUT2D eigenvalue weighted by molar-refractivity contribution is -0.385. The number of aromatic nitrogens is 2. The van der Waals surface area contributed by atoms with E-state index in [1.54, 1.807) is 25.1 Å². The van der Waals surface area contributed by atoms with E-state index >= 15 is 0 Å². The van der Waals surface area contributed by atoms with Crippen molar-refractivity contribution < 1.29 is 19.2 Å². The van der Waals surface area contributed by atoms with Crippen molar-refractivity contribution in [1.82, 2.24) is 9.66 Å². The van der Waals surface area contributed by atoms with Crippen molar-refractivity contribution in [3.63, 3.8) is 0 Å². The van der Waals surface area contributed by atoms with Crippen molar-refractivity contribution in [1.29, 1.82) is 0 Å². The fourth-order valence-electron chi connectivity index (χ4n) is 4.25. The number of ether oxygens (including phenoxy) is 2. The zero-order valence-corrected chi connectivity index (χ0v) is 21.3. The van der Waals surface area contributed by atoms with Crippen molar-refractivity contribution in [3.8, 4) is 5.75 Å². The van der Waals surface area contributed by atoms with Gasteiger partial charge < -0.3 is 9.47 Å². The largest absolute Gasteiger partial charge is 0.475 e. The Hall–Kier alpha value is -3.60. The van der Waals surface area contributed by atoms with Crippen molar-refractivity contribution in [2.45, 2.75) is 44.9 Å². The van der Waals surface area contributed by atoms with Crippen molar-refractivity contribution in [2.75, 3.05) is 13.2 Å². The third-order valence-corrected chi connectivity index (χ3v) is 6.45. The second-order valence-electron chi connectivity index (χ2n) is 8.41. The van der Waals surface area contributed by atoms with Crippen LogP contribution in [0.3, 0.4) is 0 Å². The van der Waals surface area contributed by atoms with Crippen LogP contribution in [0.4, 0.5) is 5.69 Å². The molecule has 0 N–H and O–H groups in total. The Bertz CT molecular complexity index is 1380. The molecular weight excluding hydrogens is 532 g/mol. The highest BCUT2D eigenvalue weighted by molar-refractivity contribution is 9.10. The molecule has 0 bridgehead atoms. The minimum Gasteiger partial charge on any atom is -0.475 e. The molecule has 1 heterocycles. The average molecular weight is 557 g/mol. The van der Waals surface area contributed by atoms with E-state index in [4.69, 9.17) is 14.5 Å². The van der Waals surface area contributed by atoms with Crippen LogP contribution in [0, 0.1) is 10.1 Å². The Morgan fingerprint density at radius 3 is 2.75 bits per heavy atom. The molecule has 1 fully saturated rings. The predicted octanol–water partition coefficient (Wildman–Crippen LogP) is 4.94. The molecular formula is C25H25BrN4O6. The summed E-state index contributed by atoms with van der Waals surface area (Å²) in [6, 6.07) is 9.59. The Morgan fingerprint density at radius 2 is 2.03 bits per heavy atom. The molecule has 3 aromatic rings. The van der Waals surface area contributed by atoms with Crippen LogP contribution in [-0.4, -0.2) is 40.0 Å². The van der Waals surface area contributed by atoms with Crippen molar-refractivity contribution in [2.24, 2.45) is 5.10 Å². The molecule has 1 aromatic heterocycles. The first-order valence-corrected chi connectivity index (χ1v) is 12.5. The molecule has 0 amide bonds. The van der Waals surface area contributed by atoms with E-state index in [9.17, 15) is 19.7 Å². The molecule has 0 atom stereocenters. The maximum absolute atomic E-state index is 13.4. The van der Waals surface area contributed by atoms with E-state index in [-0.39, 0.29) is 29.5 Å². The molecule has 0 unspecified atom stereocenters. The number of benzene rings is 2. The quantitative estimate of drug-likeness (QED) is 0.166. The minimum absolute atomic E-state index is 0.0671. The Morgan fingerprint density at radius 1 is 1.25 bits per heavy atom. The molecule has 10 nitrogen and oxygen atoms in total. The summed E-state index contributed by atoms with van der Waals surface area (Å²) in [5, 5.41) is 16.5. The number of hydrogen-bond acceptors (Lipinski definition) is 8. The zero-order valence-electron chi connectivity index (χ0n) is 19.7. The summed E-state index contributed by atoms with van der Waals surface area (Å²) in [6.45, 7) is 1.40. The third-order valence-electron chi connectivity index (χ3n) is 5.96. The molecule has 4 rings (SSSR count). The number of esters is 1. The highest BCUT2D eigenvalue weighted by Crippen LogP contribution is 2.32. The molecule has 1 aliphatic carbocycles. The second kappa shape index (κ2) is 11.4. The van der Waals surface area contributed by atoms with Gasteiger partial charge in [0.05, 0.1) is 28.6 Å². The lowest BCUT2D eigenvalue weighted by Gasteiger charge is -2.22. The average Bonchev–Trinajstić information content (AvgIpc) is 2.88. The first-order chi connectivity index (χ1) is 17.4. The first-order valence-electron chi connectivity index (χ1n) is 11.7. The van der Waals surface area contributed by atoms with Crippen molar-refractivity contribution >= 4 is 44.7 Å². The lowest BCUT2D eigenvalue weighted by Crippen LogP contribution is -2.25. The Kier molecular flexibility index (Phi) is 8.09. The molecule has 2 aromatic carbocycles. The molecule has 1 saturated carbocycles. The van der Waals surface area contributed by atoms with Gasteiger partial charge in [-0.3, -0.25) is 14.9 Å². The zero-order chi connectivity index (χ0) is 25.7. The monoisotopic (exact) mass is 556 g/mol. The van der Waals surface area contributed by atoms with E-state index in [2.05, 4.69) is 21.0 Å². The number of halogens is 1. The number of rotatable bonds is 8. The number of nitro groups is 1. The minimum atomic E-state index is -0.623.